The highest BCUT2D eigenvalue weighted by atomic mass is 32.2. The Kier molecular flexibility index (Phi) is 7.48. The minimum absolute atomic E-state index is 0.0444. The molecule has 3 aromatic carbocycles. The maximum atomic E-state index is 13.4. The number of aryl methyl sites for hydroxylation is 2. The fourth-order valence-corrected chi connectivity index (χ4v) is 4.36. The summed E-state index contributed by atoms with van der Waals surface area (Å²) in [5.74, 6) is -0.323. The van der Waals surface area contributed by atoms with Gasteiger partial charge in [-0.1, -0.05) is 35.4 Å². The van der Waals surface area contributed by atoms with E-state index in [1.54, 1.807) is 12.1 Å². The van der Waals surface area contributed by atoms with E-state index in [0.29, 0.717) is 5.75 Å². The van der Waals surface area contributed by atoms with Crippen LogP contribution < -0.4 is 14.4 Å². The first-order chi connectivity index (χ1) is 15.3. The topological polar surface area (TPSA) is 75.7 Å². The minimum atomic E-state index is -4.04. The van der Waals surface area contributed by atoms with Gasteiger partial charge in [0.1, 0.15) is 24.7 Å². The number of nitrogens with zero attached hydrogens (tertiary/aromatic N) is 1. The van der Waals surface area contributed by atoms with Gasteiger partial charge in [0.25, 0.3) is 10.0 Å². The van der Waals surface area contributed by atoms with E-state index in [0.717, 1.165) is 27.6 Å². The van der Waals surface area contributed by atoms with Crippen LogP contribution in [-0.4, -0.2) is 34.0 Å². The third-order valence-electron chi connectivity index (χ3n) is 4.72. The number of carbonyl (C=O) groups excluding carboxylic acids is 1. The van der Waals surface area contributed by atoms with Gasteiger partial charge in [0.05, 0.1) is 17.1 Å². The van der Waals surface area contributed by atoms with Crippen LogP contribution in [0.15, 0.2) is 77.7 Å². The van der Waals surface area contributed by atoms with E-state index in [-0.39, 0.29) is 23.7 Å². The number of amides is 1. The number of ether oxygens (including phenoxy) is 1. The molecule has 0 aromatic heterocycles. The zero-order valence-corrected chi connectivity index (χ0v) is 18.7. The monoisotopic (exact) mass is 456 g/mol. The van der Waals surface area contributed by atoms with Crippen molar-refractivity contribution in [2.24, 2.45) is 0 Å². The molecule has 0 radical (unpaired) electrons. The molecule has 0 aliphatic heterocycles. The smallest absolute Gasteiger partial charge is 0.264 e. The van der Waals surface area contributed by atoms with Crippen molar-refractivity contribution in [3.63, 3.8) is 0 Å². The van der Waals surface area contributed by atoms with Crippen molar-refractivity contribution in [1.29, 1.82) is 0 Å². The minimum Gasteiger partial charge on any atom is -0.492 e. The van der Waals surface area contributed by atoms with Crippen LogP contribution in [0.5, 0.6) is 5.75 Å². The van der Waals surface area contributed by atoms with Crippen molar-refractivity contribution in [1.82, 2.24) is 5.32 Å². The van der Waals surface area contributed by atoms with Crippen LogP contribution in [0.4, 0.5) is 10.1 Å². The predicted octanol–water partition coefficient (Wildman–Crippen LogP) is 3.83. The molecule has 0 unspecified atom stereocenters. The summed E-state index contributed by atoms with van der Waals surface area (Å²) < 4.78 is 46.4. The summed E-state index contributed by atoms with van der Waals surface area (Å²) in [5, 5.41) is 2.66. The molecule has 3 aromatic rings. The third kappa shape index (κ3) is 6.07. The van der Waals surface area contributed by atoms with E-state index in [1.165, 1.54) is 24.3 Å². The highest BCUT2D eigenvalue weighted by Gasteiger charge is 2.27. The van der Waals surface area contributed by atoms with E-state index in [9.17, 15) is 17.6 Å². The maximum Gasteiger partial charge on any atom is 0.264 e. The third-order valence-corrected chi connectivity index (χ3v) is 6.51. The lowest BCUT2D eigenvalue weighted by molar-refractivity contribution is -0.119. The maximum absolute atomic E-state index is 13.4. The Morgan fingerprint density at radius 2 is 1.47 bits per heavy atom. The number of anilines is 1. The van der Waals surface area contributed by atoms with Gasteiger partial charge in [0.2, 0.25) is 5.91 Å². The van der Waals surface area contributed by atoms with Gasteiger partial charge >= 0.3 is 0 Å². The van der Waals surface area contributed by atoms with Crippen LogP contribution in [0.1, 0.15) is 11.1 Å². The van der Waals surface area contributed by atoms with E-state index < -0.39 is 28.3 Å². The van der Waals surface area contributed by atoms with Gasteiger partial charge in [-0.2, -0.15) is 0 Å². The second-order valence-corrected chi connectivity index (χ2v) is 9.17. The molecule has 0 bridgehead atoms. The summed E-state index contributed by atoms with van der Waals surface area (Å²) in [6.07, 6.45) is 0. The van der Waals surface area contributed by atoms with Crippen molar-refractivity contribution in [3.05, 3.63) is 89.7 Å². The molecule has 0 saturated carbocycles. The van der Waals surface area contributed by atoms with Gasteiger partial charge in [-0.3, -0.25) is 9.10 Å². The molecular weight excluding hydrogens is 431 g/mol. The van der Waals surface area contributed by atoms with Crippen LogP contribution in [0, 0.1) is 19.7 Å². The molecular formula is C24H25FN2O4S. The molecule has 0 heterocycles. The summed E-state index contributed by atoms with van der Waals surface area (Å²) >= 11 is 0. The Hall–Kier alpha value is -3.39. The molecule has 1 amide bonds. The zero-order chi connectivity index (χ0) is 23.1. The lowest BCUT2D eigenvalue weighted by atomic mass is 10.2. The first kappa shape index (κ1) is 23.3. The van der Waals surface area contributed by atoms with Gasteiger partial charge in [-0.25, -0.2) is 12.8 Å². The largest absolute Gasteiger partial charge is 0.492 e. The van der Waals surface area contributed by atoms with Crippen molar-refractivity contribution < 1.29 is 22.3 Å². The number of benzene rings is 3. The van der Waals surface area contributed by atoms with Crippen molar-refractivity contribution in [2.75, 3.05) is 24.0 Å². The number of halogens is 1. The molecule has 3 rings (SSSR count). The summed E-state index contributed by atoms with van der Waals surface area (Å²) in [7, 11) is -4.04. The zero-order valence-electron chi connectivity index (χ0n) is 17.9. The summed E-state index contributed by atoms with van der Waals surface area (Å²) in [5.41, 5.74) is 2.21. The average Bonchev–Trinajstić information content (AvgIpc) is 2.77. The van der Waals surface area contributed by atoms with Gasteiger partial charge in [0, 0.05) is 0 Å². The fraction of sp³-hybridized carbons (Fsp3) is 0.208. The predicted molar refractivity (Wildman–Crippen MR) is 122 cm³/mol. The van der Waals surface area contributed by atoms with Crippen LogP contribution in [0.25, 0.3) is 0 Å². The number of rotatable bonds is 9. The number of hydrogen-bond donors (Lipinski definition) is 1. The van der Waals surface area contributed by atoms with Crippen molar-refractivity contribution in [2.45, 2.75) is 18.7 Å². The van der Waals surface area contributed by atoms with Crippen LogP contribution in [-0.2, 0) is 14.8 Å². The highest BCUT2D eigenvalue weighted by Crippen LogP contribution is 2.24. The summed E-state index contributed by atoms with van der Waals surface area (Å²) in [4.78, 5) is 12.6. The molecule has 0 aliphatic rings. The molecule has 8 heteroatoms. The highest BCUT2D eigenvalue weighted by molar-refractivity contribution is 7.92. The molecule has 0 fully saturated rings. The Labute approximate surface area is 187 Å². The molecule has 6 nitrogen and oxygen atoms in total. The normalized spacial score (nSPS) is 11.1. The first-order valence-electron chi connectivity index (χ1n) is 10.1. The summed E-state index contributed by atoms with van der Waals surface area (Å²) in [6, 6.07) is 18.8. The molecule has 32 heavy (non-hydrogen) atoms. The van der Waals surface area contributed by atoms with Crippen molar-refractivity contribution in [3.8, 4) is 5.75 Å². The van der Waals surface area contributed by atoms with Gasteiger partial charge in [-0.05, 0) is 62.4 Å². The first-order valence-corrected chi connectivity index (χ1v) is 11.5. The Morgan fingerprint density at radius 3 is 2.06 bits per heavy atom. The van der Waals surface area contributed by atoms with Gasteiger partial charge < -0.3 is 10.1 Å². The molecule has 1 N–H and O–H groups in total. The second kappa shape index (κ2) is 10.3. The van der Waals surface area contributed by atoms with Gasteiger partial charge in [0.15, 0.2) is 0 Å². The van der Waals surface area contributed by atoms with E-state index in [4.69, 9.17) is 4.74 Å². The van der Waals surface area contributed by atoms with Crippen LogP contribution >= 0.6 is 0 Å². The number of carbonyl (C=O) groups is 1. The lowest BCUT2D eigenvalue weighted by Gasteiger charge is -2.24. The number of sulfonamides is 1. The Bertz CT molecular complexity index is 1150. The van der Waals surface area contributed by atoms with Crippen LogP contribution in [0.3, 0.4) is 0 Å². The number of nitrogens with one attached hydrogen (secondary N) is 1. The van der Waals surface area contributed by atoms with E-state index in [2.05, 4.69) is 5.32 Å². The Morgan fingerprint density at radius 1 is 0.906 bits per heavy atom. The average molecular weight is 457 g/mol. The second-order valence-electron chi connectivity index (χ2n) is 7.31. The molecule has 0 spiro atoms. The van der Waals surface area contributed by atoms with E-state index in [1.807, 2.05) is 38.1 Å². The number of hydrogen-bond acceptors (Lipinski definition) is 4. The molecule has 0 aliphatic carbocycles. The van der Waals surface area contributed by atoms with Crippen LogP contribution in [0.2, 0.25) is 0 Å². The van der Waals surface area contributed by atoms with Crippen molar-refractivity contribution >= 4 is 21.6 Å². The van der Waals surface area contributed by atoms with Gasteiger partial charge in [-0.15, -0.1) is 0 Å². The Balaban J connectivity index is 1.69. The fourth-order valence-electron chi connectivity index (χ4n) is 2.94. The molecule has 0 atom stereocenters. The summed E-state index contributed by atoms with van der Waals surface area (Å²) in [6.45, 7) is 3.80. The quantitative estimate of drug-likeness (QED) is 0.497. The SMILES string of the molecule is Cc1ccc(OCCNC(=O)CN(c2ccc(F)cc2)S(=O)(=O)c2ccc(C)cc2)cc1. The molecule has 168 valence electrons. The standard InChI is InChI=1S/C24H25FN2O4S/c1-18-3-11-22(12-4-18)31-16-15-26-24(28)17-27(21-9-7-20(25)8-10-21)32(29,30)23-13-5-19(2)6-14-23/h3-14H,15-17H2,1-2H3,(H,26,28). The molecule has 0 saturated heterocycles. The lowest BCUT2D eigenvalue weighted by Crippen LogP contribution is -2.41. The van der Waals surface area contributed by atoms with E-state index >= 15 is 0 Å².